The summed E-state index contributed by atoms with van der Waals surface area (Å²) in [4.78, 5) is 17.4. The van der Waals surface area contributed by atoms with E-state index in [0.29, 0.717) is 27.7 Å². The summed E-state index contributed by atoms with van der Waals surface area (Å²) in [5.41, 5.74) is 0.915. The lowest BCUT2D eigenvalue weighted by atomic mass is 10.1. The molecule has 0 radical (unpaired) electrons. The van der Waals surface area contributed by atoms with Crippen LogP contribution in [-0.2, 0) is 9.53 Å². The van der Waals surface area contributed by atoms with Crippen molar-refractivity contribution in [2.24, 2.45) is 4.99 Å². The Kier molecular flexibility index (Phi) is 6.68. The molecule has 0 saturated heterocycles. The number of nitrogens with zero attached hydrogens (tertiary/aromatic N) is 1. The van der Waals surface area contributed by atoms with Crippen LogP contribution in [0.4, 0.5) is 5.69 Å². The molecule has 8 heteroatoms. The Morgan fingerprint density at radius 1 is 1.13 bits per heavy atom. The molecule has 0 spiro atoms. The molecule has 0 aliphatic carbocycles. The SMILES string of the molecule is CCOC(=O)C1=C(O)/C(=C\c2ccccc2O)SC1=Nc1ccc(OC)cc1OC. The van der Waals surface area contributed by atoms with Gasteiger partial charge in [-0.3, -0.25) is 0 Å². The van der Waals surface area contributed by atoms with Crippen LogP contribution in [0.5, 0.6) is 17.2 Å². The second kappa shape index (κ2) is 9.41. The topological polar surface area (TPSA) is 97.6 Å². The zero-order chi connectivity index (χ0) is 21.7. The van der Waals surface area contributed by atoms with Crippen LogP contribution >= 0.6 is 11.8 Å². The van der Waals surface area contributed by atoms with Gasteiger partial charge >= 0.3 is 5.97 Å². The van der Waals surface area contributed by atoms with E-state index < -0.39 is 5.97 Å². The zero-order valence-electron chi connectivity index (χ0n) is 16.7. The van der Waals surface area contributed by atoms with E-state index in [-0.39, 0.29) is 28.7 Å². The van der Waals surface area contributed by atoms with Gasteiger partial charge in [0.05, 0.1) is 25.7 Å². The van der Waals surface area contributed by atoms with Crippen molar-refractivity contribution in [2.75, 3.05) is 20.8 Å². The van der Waals surface area contributed by atoms with E-state index in [2.05, 4.69) is 4.99 Å². The van der Waals surface area contributed by atoms with E-state index in [1.807, 2.05) is 0 Å². The number of hydrogen-bond acceptors (Lipinski definition) is 8. The first kappa shape index (κ1) is 21.3. The molecule has 0 unspecified atom stereocenters. The average molecular weight is 427 g/mol. The lowest BCUT2D eigenvalue weighted by Crippen LogP contribution is -2.12. The number of methoxy groups -OCH3 is 2. The van der Waals surface area contributed by atoms with Crippen molar-refractivity contribution in [1.82, 2.24) is 0 Å². The number of rotatable bonds is 6. The Labute approximate surface area is 178 Å². The van der Waals surface area contributed by atoms with Crippen LogP contribution in [0.1, 0.15) is 12.5 Å². The molecule has 2 aromatic rings. The second-order valence-corrected chi connectivity index (χ2v) is 7.10. The van der Waals surface area contributed by atoms with Gasteiger partial charge in [-0.05, 0) is 31.2 Å². The molecule has 3 rings (SSSR count). The van der Waals surface area contributed by atoms with Crippen molar-refractivity contribution in [2.45, 2.75) is 6.92 Å². The summed E-state index contributed by atoms with van der Waals surface area (Å²) in [5, 5.41) is 21.0. The Hall–Kier alpha value is -3.39. The summed E-state index contributed by atoms with van der Waals surface area (Å²) in [7, 11) is 3.05. The number of phenols is 1. The molecule has 0 aromatic heterocycles. The predicted octanol–water partition coefficient (Wildman–Crippen LogP) is 4.60. The molecule has 2 N–H and O–H groups in total. The highest BCUT2D eigenvalue weighted by atomic mass is 32.2. The quantitative estimate of drug-likeness (QED) is 0.650. The first-order valence-corrected chi connectivity index (χ1v) is 9.89. The number of thioether (sulfide) groups is 1. The summed E-state index contributed by atoms with van der Waals surface area (Å²) in [6, 6.07) is 11.8. The fraction of sp³-hybridized carbons (Fsp3) is 0.182. The highest BCUT2D eigenvalue weighted by Crippen LogP contribution is 2.42. The molecule has 7 nitrogen and oxygen atoms in total. The van der Waals surface area contributed by atoms with Gasteiger partial charge in [-0.1, -0.05) is 30.0 Å². The van der Waals surface area contributed by atoms with Crippen LogP contribution in [0.2, 0.25) is 0 Å². The van der Waals surface area contributed by atoms with Gasteiger partial charge in [0.2, 0.25) is 0 Å². The number of carbonyl (C=O) groups is 1. The minimum absolute atomic E-state index is 0.0404. The van der Waals surface area contributed by atoms with Crippen molar-refractivity contribution < 1.29 is 29.2 Å². The van der Waals surface area contributed by atoms with E-state index in [1.165, 1.54) is 13.2 Å². The minimum atomic E-state index is -0.686. The minimum Gasteiger partial charge on any atom is -0.507 e. The van der Waals surface area contributed by atoms with Crippen LogP contribution in [-0.4, -0.2) is 42.1 Å². The Balaban J connectivity index is 2.09. The van der Waals surface area contributed by atoms with Gasteiger partial charge in [-0.2, -0.15) is 0 Å². The van der Waals surface area contributed by atoms with Crippen molar-refractivity contribution >= 4 is 34.5 Å². The van der Waals surface area contributed by atoms with Gasteiger partial charge in [0, 0.05) is 11.6 Å². The summed E-state index contributed by atoms with van der Waals surface area (Å²) in [5.74, 6) is 0.156. The molecule has 1 aliphatic heterocycles. The van der Waals surface area contributed by atoms with E-state index in [4.69, 9.17) is 14.2 Å². The van der Waals surface area contributed by atoms with Crippen LogP contribution in [0.25, 0.3) is 6.08 Å². The molecular formula is C22H21NO6S. The number of esters is 1. The van der Waals surface area contributed by atoms with Crippen molar-refractivity contribution in [3.63, 3.8) is 0 Å². The Bertz CT molecular complexity index is 1060. The summed E-state index contributed by atoms with van der Waals surface area (Å²) in [6.45, 7) is 1.83. The first-order valence-electron chi connectivity index (χ1n) is 9.07. The number of hydrogen-bond donors (Lipinski definition) is 2. The maximum Gasteiger partial charge on any atom is 0.344 e. The summed E-state index contributed by atoms with van der Waals surface area (Å²) >= 11 is 1.10. The number of carbonyl (C=O) groups excluding carboxylic acids is 1. The molecule has 30 heavy (non-hydrogen) atoms. The van der Waals surface area contributed by atoms with Crippen LogP contribution < -0.4 is 9.47 Å². The van der Waals surface area contributed by atoms with Gasteiger partial charge in [-0.25, -0.2) is 9.79 Å². The number of benzene rings is 2. The summed E-state index contributed by atoms with van der Waals surface area (Å²) in [6.07, 6.45) is 1.59. The number of aliphatic imine (C=N–C) groups is 1. The predicted molar refractivity (Wildman–Crippen MR) is 117 cm³/mol. The molecule has 156 valence electrons. The fourth-order valence-corrected chi connectivity index (χ4v) is 3.75. The fourth-order valence-electron chi connectivity index (χ4n) is 2.73. The van der Waals surface area contributed by atoms with E-state index in [9.17, 15) is 15.0 Å². The van der Waals surface area contributed by atoms with E-state index >= 15 is 0 Å². The molecule has 0 atom stereocenters. The monoisotopic (exact) mass is 427 g/mol. The molecule has 0 fully saturated rings. The number of para-hydroxylation sites is 1. The van der Waals surface area contributed by atoms with Crippen LogP contribution in [0.15, 0.2) is 63.7 Å². The van der Waals surface area contributed by atoms with Gasteiger partial charge < -0.3 is 24.4 Å². The number of aliphatic hydroxyl groups is 1. The van der Waals surface area contributed by atoms with Gasteiger partial charge in [0.25, 0.3) is 0 Å². The Morgan fingerprint density at radius 3 is 2.57 bits per heavy atom. The normalized spacial score (nSPS) is 16.2. The lowest BCUT2D eigenvalue weighted by Gasteiger charge is -2.08. The number of aliphatic hydroxyl groups excluding tert-OH is 1. The second-order valence-electron chi connectivity index (χ2n) is 6.07. The molecular weight excluding hydrogens is 406 g/mol. The third kappa shape index (κ3) is 4.44. The van der Waals surface area contributed by atoms with Crippen LogP contribution in [0, 0.1) is 0 Å². The first-order chi connectivity index (χ1) is 14.5. The summed E-state index contributed by atoms with van der Waals surface area (Å²) < 4.78 is 15.7. The molecule has 1 heterocycles. The highest BCUT2D eigenvalue weighted by molar-refractivity contribution is 8.18. The molecule has 1 aliphatic rings. The van der Waals surface area contributed by atoms with E-state index in [1.54, 1.807) is 56.5 Å². The largest absolute Gasteiger partial charge is 0.507 e. The third-order valence-corrected chi connectivity index (χ3v) is 5.22. The van der Waals surface area contributed by atoms with Gasteiger partial charge in [0.15, 0.2) is 0 Å². The van der Waals surface area contributed by atoms with Crippen molar-refractivity contribution in [3.8, 4) is 17.2 Å². The maximum atomic E-state index is 12.5. The van der Waals surface area contributed by atoms with Crippen molar-refractivity contribution in [3.05, 3.63) is 64.3 Å². The number of phenolic OH excluding ortho intramolecular Hbond substituents is 1. The smallest absolute Gasteiger partial charge is 0.344 e. The van der Waals surface area contributed by atoms with Gasteiger partial charge in [0.1, 0.15) is 39.3 Å². The maximum absolute atomic E-state index is 12.5. The Morgan fingerprint density at radius 2 is 1.90 bits per heavy atom. The molecule has 0 amide bonds. The lowest BCUT2D eigenvalue weighted by molar-refractivity contribution is -0.138. The van der Waals surface area contributed by atoms with Crippen molar-refractivity contribution in [1.29, 1.82) is 0 Å². The average Bonchev–Trinajstić information content (AvgIpc) is 3.05. The standard InChI is InChI=1S/C22H21NO6S/c1-4-29-22(26)19-20(25)18(11-13-7-5-6-8-16(13)24)30-21(19)23-15-10-9-14(27-2)12-17(15)28-3/h5-12,24-25H,4H2,1-3H3/b18-11+,23-21?. The molecule has 0 bridgehead atoms. The van der Waals surface area contributed by atoms with E-state index in [0.717, 1.165) is 11.8 Å². The van der Waals surface area contributed by atoms with Gasteiger partial charge in [-0.15, -0.1) is 0 Å². The van der Waals surface area contributed by atoms with Crippen LogP contribution in [0.3, 0.4) is 0 Å². The highest BCUT2D eigenvalue weighted by Gasteiger charge is 2.33. The molecule has 0 saturated carbocycles. The molecule has 2 aromatic carbocycles. The number of ether oxygens (including phenoxy) is 3. The third-order valence-electron chi connectivity index (χ3n) is 4.20. The zero-order valence-corrected chi connectivity index (χ0v) is 17.5. The number of aromatic hydroxyl groups is 1.